The molecule has 1 heterocycles. The van der Waals surface area contributed by atoms with Crippen molar-refractivity contribution in [3.8, 4) is 0 Å². The Kier molecular flexibility index (Phi) is 0.868. The Morgan fingerprint density at radius 2 is 2.33 bits per heavy atom. The second-order valence-electron chi connectivity index (χ2n) is 3.84. The van der Waals surface area contributed by atoms with E-state index in [-0.39, 0.29) is 5.97 Å². The second kappa shape index (κ2) is 1.63. The maximum atomic E-state index is 11.4. The van der Waals surface area contributed by atoms with Gasteiger partial charge in [0.25, 0.3) is 0 Å². The van der Waals surface area contributed by atoms with Crippen LogP contribution >= 0.6 is 0 Å². The first-order valence-electron chi connectivity index (χ1n) is 4.21. The van der Waals surface area contributed by atoms with Crippen LogP contribution in [-0.2, 0) is 14.3 Å². The fraction of sp³-hybridized carbons (Fsp3) is 0.556. The number of hydrogen-bond acceptors (Lipinski definition) is 3. The van der Waals surface area contributed by atoms with E-state index in [4.69, 9.17) is 0 Å². The lowest BCUT2D eigenvalue weighted by Crippen LogP contribution is -2.22. The van der Waals surface area contributed by atoms with Crippen LogP contribution in [0.25, 0.3) is 0 Å². The van der Waals surface area contributed by atoms with E-state index in [2.05, 4.69) is 4.74 Å². The van der Waals surface area contributed by atoms with Gasteiger partial charge < -0.3 is 4.74 Å². The molecular weight excluding hydrogens is 156 g/mol. The Morgan fingerprint density at radius 1 is 1.50 bits per heavy atom. The van der Waals surface area contributed by atoms with E-state index < -0.39 is 11.4 Å². The molecule has 0 aromatic carbocycles. The third-order valence-corrected chi connectivity index (χ3v) is 3.27. The molecule has 2 bridgehead atoms. The minimum atomic E-state index is -0.498. The van der Waals surface area contributed by atoms with Crippen molar-refractivity contribution in [3.05, 3.63) is 11.6 Å². The number of carbonyl (C=O) groups excluding carboxylic acids is 2. The summed E-state index contributed by atoms with van der Waals surface area (Å²) in [5.74, 6) is -0.252. The van der Waals surface area contributed by atoms with Crippen molar-refractivity contribution in [1.82, 2.24) is 0 Å². The van der Waals surface area contributed by atoms with Gasteiger partial charge in [-0.3, -0.25) is 4.79 Å². The van der Waals surface area contributed by atoms with Gasteiger partial charge in [-0.25, -0.2) is 4.79 Å². The monoisotopic (exact) mass is 164 g/mol. The molecule has 3 aliphatic rings. The van der Waals surface area contributed by atoms with Crippen molar-refractivity contribution >= 4 is 11.9 Å². The lowest BCUT2D eigenvalue weighted by atomic mass is 9.82. The van der Waals surface area contributed by atoms with Crippen LogP contribution in [-0.4, -0.2) is 11.9 Å². The molecule has 2 atom stereocenters. The number of cyclic esters (lactones) is 2. The molecule has 1 saturated heterocycles. The number of carbonyl (C=O) groups is 2. The molecule has 1 saturated carbocycles. The van der Waals surface area contributed by atoms with E-state index in [0.29, 0.717) is 11.5 Å². The van der Waals surface area contributed by atoms with Gasteiger partial charge in [0.15, 0.2) is 0 Å². The summed E-state index contributed by atoms with van der Waals surface area (Å²) in [5.41, 5.74) is 0.144. The molecule has 1 aliphatic heterocycles. The number of allylic oxidation sites excluding steroid dienone is 1. The van der Waals surface area contributed by atoms with Crippen LogP contribution in [0.3, 0.4) is 0 Å². The number of rotatable bonds is 0. The summed E-state index contributed by atoms with van der Waals surface area (Å²) in [4.78, 5) is 22.5. The van der Waals surface area contributed by atoms with Crippen LogP contribution in [0, 0.1) is 11.3 Å². The fourth-order valence-electron chi connectivity index (χ4n) is 2.66. The molecule has 12 heavy (non-hydrogen) atoms. The van der Waals surface area contributed by atoms with Crippen LogP contribution in [0.2, 0.25) is 0 Å². The smallest absolute Gasteiger partial charge is 0.342 e. The molecule has 3 nitrogen and oxygen atoms in total. The molecule has 3 heteroatoms. The first-order chi connectivity index (χ1) is 5.72. The molecule has 0 aromatic heterocycles. The lowest BCUT2D eigenvalue weighted by Gasteiger charge is -2.14. The van der Waals surface area contributed by atoms with E-state index in [1.54, 1.807) is 0 Å². The first-order valence-corrected chi connectivity index (χ1v) is 4.21. The quantitative estimate of drug-likeness (QED) is 0.393. The summed E-state index contributed by atoms with van der Waals surface area (Å²) in [6.45, 7) is 0. The molecule has 62 valence electrons. The largest absolute Gasteiger partial charge is 0.389 e. The third kappa shape index (κ3) is 0.480. The minimum absolute atomic E-state index is 0.307. The Bertz CT molecular complexity index is 329. The van der Waals surface area contributed by atoms with Crippen LogP contribution < -0.4 is 0 Å². The van der Waals surface area contributed by atoms with Gasteiger partial charge in [-0.1, -0.05) is 6.08 Å². The van der Waals surface area contributed by atoms with Gasteiger partial charge in [-0.05, 0) is 25.2 Å². The maximum absolute atomic E-state index is 11.4. The summed E-state index contributed by atoms with van der Waals surface area (Å²) in [5, 5.41) is 0. The van der Waals surface area contributed by atoms with Crippen molar-refractivity contribution in [2.75, 3.05) is 0 Å². The molecule has 3 rings (SSSR count). The molecule has 2 aliphatic carbocycles. The Morgan fingerprint density at radius 3 is 3.00 bits per heavy atom. The molecule has 1 spiro atoms. The minimum Gasteiger partial charge on any atom is -0.389 e. The van der Waals surface area contributed by atoms with Crippen molar-refractivity contribution in [2.45, 2.75) is 19.3 Å². The third-order valence-electron chi connectivity index (χ3n) is 3.27. The van der Waals surface area contributed by atoms with Crippen LogP contribution in [0.1, 0.15) is 19.3 Å². The molecule has 0 N–H and O–H groups in total. The highest BCUT2D eigenvalue weighted by molar-refractivity contribution is 6.11. The summed E-state index contributed by atoms with van der Waals surface area (Å²) in [7, 11) is 0. The van der Waals surface area contributed by atoms with Gasteiger partial charge in [0, 0.05) is 0 Å². The standard InChI is InChI=1S/C9H8O3/c10-7-6-3-5-1-2-9(6,4-5)8(11)12-7/h3,5H,1-2,4H2. The van der Waals surface area contributed by atoms with Gasteiger partial charge in [-0.15, -0.1) is 0 Å². The molecule has 0 aromatic rings. The van der Waals surface area contributed by atoms with Gasteiger partial charge in [0.1, 0.15) is 5.41 Å². The van der Waals surface area contributed by atoms with Crippen molar-refractivity contribution in [1.29, 1.82) is 0 Å². The van der Waals surface area contributed by atoms with Crippen LogP contribution in [0.4, 0.5) is 0 Å². The molecule has 2 unspecified atom stereocenters. The number of esters is 2. The fourth-order valence-corrected chi connectivity index (χ4v) is 2.66. The Hall–Kier alpha value is -1.12. The van der Waals surface area contributed by atoms with Crippen LogP contribution in [0.5, 0.6) is 0 Å². The van der Waals surface area contributed by atoms with E-state index in [1.165, 1.54) is 0 Å². The van der Waals surface area contributed by atoms with E-state index in [1.807, 2.05) is 6.08 Å². The van der Waals surface area contributed by atoms with Gasteiger partial charge in [0.2, 0.25) is 0 Å². The number of hydrogen-bond donors (Lipinski definition) is 0. The molecule has 0 radical (unpaired) electrons. The van der Waals surface area contributed by atoms with Crippen molar-refractivity contribution < 1.29 is 14.3 Å². The topological polar surface area (TPSA) is 43.4 Å². The zero-order valence-electron chi connectivity index (χ0n) is 6.50. The predicted octanol–water partition coefficient (Wildman–Crippen LogP) is 0.796. The first kappa shape index (κ1) is 6.40. The van der Waals surface area contributed by atoms with Crippen molar-refractivity contribution in [3.63, 3.8) is 0 Å². The molecule has 0 amide bonds. The number of fused-ring (bicyclic) bond motifs is 1. The Balaban J connectivity index is 2.22. The summed E-state index contributed by atoms with van der Waals surface area (Å²) < 4.78 is 4.60. The molecular formula is C9H8O3. The number of ether oxygens (including phenoxy) is 1. The zero-order chi connectivity index (χ0) is 8.34. The highest BCUT2D eigenvalue weighted by Gasteiger charge is 2.60. The lowest BCUT2D eigenvalue weighted by molar-refractivity contribution is -0.155. The highest BCUT2D eigenvalue weighted by atomic mass is 16.6. The molecule has 2 fully saturated rings. The van der Waals surface area contributed by atoms with Crippen LogP contribution in [0.15, 0.2) is 11.6 Å². The maximum Gasteiger partial charge on any atom is 0.342 e. The van der Waals surface area contributed by atoms with Gasteiger partial charge in [-0.2, -0.15) is 0 Å². The van der Waals surface area contributed by atoms with Gasteiger partial charge in [0.05, 0.1) is 5.57 Å². The van der Waals surface area contributed by atoms with E-state index in [9.17, 15) is 9.59 Å². The highest BCUT2D eigenvalue weighted by Crippen LogP contribution is 2.57. The zero-order valence-corrected chi connectivity index (χ0v) is 6.50. The normalized spacial score (nSPS) is 43.0. The summed E-state index contributed by atoms with van der Waals surface area (Å²) >= 11 is 0. The summed E-state index contributed by atoms with van der Waals surface area (Å²) in [6, 6.07) is 0. The van der Waals surface area contributed by atoms with Gasteiger partial charge >= 0.3 is 11.9 Å². The average Bonchev–Trinajstić information content (AvgIpc) is 2.65. The predicted molar refractivity (Wildman–Crippen MR) is 39.0 cm³/mol. The average molecular weight is 164 g/mol. The van der Waals surface area contributed by atoms with E-state index >= 15 is 0 Å². The SMILES string of the molecule is O=C1OC(=O)C23CCC(C=C12)C3. The Labute approximate surface area is 69.4 Å². The second-order valence-corrected chi connectivity index (χ2v) is 3.84. The summed E-state index contributed by atoms with van der Waals surface area (Å²) in [6.07, 6.45) is 4.59. The van der Waals surface area contributed by atoms with Crippen molar-refractivity contribution in [2.24, 2.45) is 11.3 Å². The van der Waals surface area contributed by atoms with E-state index in [0.717, 1.165) is 19.3 Å².